The van der Waals surface area contributed by atoms with Crippen LogP contribution in [0.5, 0.6) is 5.75 Å². The summed E-state index contributed by atoms with van der Waals surface area (Å²) in [5.41, 5.74) is 2.96. The number of aromatic nitrogens is 5. The van der Waals surface area contributed by atoms with Crippen LogP contribution in [0.2, 0.25) is 5.02 Å². The Kier molecular flexibility index (Phi) is 6.66. The number of thioether (sulfide) groups is 1. The lowest BCUT2D eigenvalue weighted by atomic mass is 10.0. The second-order valence-electron chi connectivity index (χ2n) is 7.52. The summed E-state index contributed by atoms with van der Waals surface area (Å²) in [5, 5.41) is 17.5. The van der Waals surface area contributed by atoms with Gasteiger partial charge >= 0.3 is 0 Å². The molecule has 0 radical (unpaired) electrons. The minimum atomic E-state index is 0.213. The fourth-order valence-corrected chi connectivity index (χ4v) is 4.00. The van der Waals surface area contributed by atoms with E-state index in [0.717, 1.165) is 16.9 Å². The van der Waals surface area contributed by atoms with Crippen LogP contribution in [0, 0.1) is 6.92 Å². The van der Waals surface area contributed by atoms with Crippen molar-refractivity contribution in [2.75, 3.05) is 5.84 Å². The normalized spacial score (nSPS) is 11.3. The summed E-state index contributed by atoms with van der Waals surface area (Å²) in [7, 11) is 0. The minimum Gasteiger partial charge on any atom is -0.485 e. The maximum Gasteiger partial charge on any atom is 0.249 e. The van der Waals surface area contributed by atoms with E-state index in [-0.39, 0.29) is 6.61 Å². The largest absolute Gasteiger partial charge is 0.485 e. The summed E-state index contributed by atoms with van der Waals surface area (Å²) in [4.78, 5) is 0. The van der Waals surface area contributed by atoms with E-state index >= 15 is 0 Å². The molecular weight excluding hydrogens is 448 g/mol. The fourth-order valence-electron chi connectivity index (χ4n) is 3.07. The Hall–Kier alpha value is -3.04. The molecule has 0 fully saturated rings. The van der Waals surface area contributed by atoms with Crippen LogP contribution in [-0.4, -0.2) is 25.1 Å². The lowest BCUT2D eigenvalue weighted by molar-refractivity contribution is 0.287. The molecule has 10 heteroatoms. The molecule has 0 spiro atoms. The summed E-state index contributed by atoms with van der Waals surface area (Å²) in [6.07, 6.45) is 0. The standard InChI is InChI=1S/C22H23ClN6O2S/c1-13(2)15-9-8-14(3)10-18(15)30-11-19-25-28-22(29(19)24)32-12-20-26-27-21(31-20)16-6-4-5-7-17(16)23/h4-10,13H,11-12,24H2,1-3H3. The van der Waals surface area contributed by atoms with Crippen molar-refractivity contribution in [3.63, 3.8) is 0 Å². The van der Waals surface area contributed by atoms with E-state index < -0.39 is 0 Å². The van der Waals surface area contributed by atoms with Crippen LogP contribution < -0.4 is 10.6 Å². The molecule has 2 aromatic carbocycles. The highest BCUT2D eigenvalue weighted by molar-refractivity contribution is 7.98. The van der Waals surface area contributed by atoms with Gasteiger partial charge in [0.25, 0.3) is 0 Å². The van der Waals surface area contributed by atoms with E-state index in [4.69, 9.17) is 26.6 Å². The average molecular weight is 471 g/mol. The number of rotatable bonds is 8. The highest BCUT2D eigenvalue weighted by Gasteiger charge is 2.16. The van der Waals surface area contributed by atoms with Gasteiger partial charge in [-0.25, -0.2) is 4.68 Å². The first-order chi connectivity index (χ1) is 15.4. The van der Waals surface area contributed by atoms with Gasteiger partial charge in [0.2, 0.25) is 16.9 Å². The van der Waals surface area contributed by atoms with Gasteiger partial charge in [-0.3, -0.25) is 0 Å². The third-order valence-electron chi connectivity index (χ3n) is 4.78. The van der Waals surface area contributed by atoms with Gasteiger partial charge in [-0.2, -0.15) is 0 Å². The molecule has 0 aliphatic carbocycles. The molecule has 0 amide bonds. The molecule has 8 nitrogen and oxygen atoms in total. The van der Waals surface area contributed by atoms with Crippen LogP contribution in [0.4, 0.5) is 0 Å². The zero-order valence-electron chi connectivity index (χ0n) is 17.9. The number of hydrogen-bond donors (Lipinski definition) is 1. The third kappa shape index (κ3) is 4.89. The summed E-state index contributed by atoms with van der Waals surface area (Å²) in [6, 6.07) is 13.5. The van der Waals surface area contributed by atoms with E-state index in [1.807, 2.05) is 31.2 Å². The smallest absolute Gasteiger partial charge is 0.249 e. The predicted molar refractivity (Wildman–Crippen MR) is 124 cm³/mol. The number of nitrogen functional groups attached to an aromatic ring is 1. The number of hydrogen-bond acceptors (Lipinski definition) is 8. The van der Waals surface area contributed by atoms with Crippen molar-refractivity contribution in [1.82, 2.24) is 25.1 Å². The molecule has 166 valence electrons. The maximum atomic E-state index is 6.19. The van der Waals surface area contributed by atoms with Crippen molar-refractivity contribution >= 4 is 23.4 Å². The highest BCUT2D eigenvalue weighted by Crippen LogP contribution is 2.29. The molecule has 2 heterocycles. The van der Waals surface area contributed by atoms with Gasteiger partial charge in [0.15, 0.2) is 5.82 Å². The van der Waals surface area contributed by atoms with Gasteiger partial charge in [-0.15, -0.1) is 20.4 Å². The molecular formula is C22H23ClN6O2S. The Morgan fingerprint density at radius 1 is 1.12 bits per heavy atom. The molecule has 2 N–H and O–H groups in total. The van der Waals surface area contributed by atoms with Crippen LogP contribution in [0.15, 0.2) is 52.0 Å². The molecule has 4 rings (SSSR count). The average Bonchev–Trinajstić information content (AvgIpc) is 3.37. The molecule has 0 aliphatic rings. The summed E-state index contributed by atoms with van der Waals surface area (Å²) >= 11 is 7.54. The molecule has 0 unspecified atom stereocenters. The van der Waals surface area contributed by atoms with Gasteiger partial charge < -0.3 is 15.0 Å². The van der Waals surface area contributed by atoms with E-state index in [9.17, 15) is 0 Å². The van der Waals surface area contributed by atoms with E-state index in [0.29, 0.717) is 45.0 Å². The predicted octanol–water partition coefficient (Wildman–Crippen LogP) is 5.00. The number of aryl methyl sites for hydroxylation is 1. The summed E-state index contributed by atoms with van der Waals surface area (Å²) < 4.78 is 13.2. The zero-order valence-corrected chi connectivity index (χ0v) is 19.5. The minimum absolute atomic E-state index is 0.213. The second-order valence-corrected chi connectivity index (χ2v) is 8.87. The Morgan fingerprint density at radius 3 is 2.72 bits per heavy atom. The molecule has 0 bridgehead atoms. The summed E-state index contributed by atoms with van der Waals surface area (Å²) in [5.74, 6) is 9.07. The quantitative estimate of drug-likeness (QED) is 0.283. The second kappa shape index (κ2) is 9.62. The Labute approximate surface area is 195 Å². The topological polar surface area (TPSA) is 105 Å². The first-order valence-corrected chi connectivity index (χ1v) is 11.4. The molecule has 0 saturated heterocycles. The SMILES string of the molecule is Cc1ccc(C(C)C)c(OCc2nnc(SCc3nnc(-c4ccccc4Cl)o3)n2N)c1. The van der Waals surface area contributed by atoms with Crippen LogP contribution in [0.25, 0.3) is 11.5 Å². The first-order valence-electron chi connectivity index (χ1n) is 10.0. The van der Waals surface area contributed by atoms with Gasteiger partial charge in [-0.1, -0.05) is 61.5 Å². The number of benzene rings is 2. The highest BCUT2D eigenvalue weighted by atomic mass is 35.5. The lowest BCUT2D eigenvalue weighted by Gasteiger charge is -2.14. The van der Waals surface area contributed by atoms with Crippen LogP contribution >= 0.6 is 23.4 Å². The lowest BCUT2D eigenvalue weighted by Crippen LogP contribution is -2.16. The van der Waals surface area contributed by atoms with Crippen LogP contribution in [0.1, 0.15) is 42.6 Å². The first kappa shape index (κ1) is 22.2. The van der Waals surface area contributed by atoms with Crippen LogP contribution in [0.3, 0.4) is 0 Å². The van der Waals surface area contributed by atoms with Gasteiger partial charge in [0.05, 0.1) is 16.3 Å². The molecule has 0 aliphatic heterocycles. The number of halogens is 1. The number of nitrogens with zero attached hydrogens (tertiary/aromatic N) is 5. The third-order valence-corrected chi connectivity index (χ3v) is 6.04. The Bertz CT molecular complexity index is 1220. The number of nitrogens with two attached hydrogens (primary N) is 1. The summed E-state index contributed by atoms with van der Waals surface area (Å²) in [6.45, 7) is 6.51. The van der Waals surface area contributed by atoms with Crippen molar-refractivity contribution in [1.29, 1.82) is 0 Å². The molecule has 32 heavy (non-hydrogen) atoms. The zero-order chi connectivity index (χ0) is 22.7. The van der Waals surface area contributed by atoms with E-state index in [1.54, 1.807) is 6.07 Å². The van der Waals surface area contributed by atoms with E-state index in [2.05, 4.69) is 46.4 Å². The van der Waals surface area contributed by atoms with E-state index in [1.165, 1.54) is 16.4 Å². The van der Waals surface area contributed by atoms with Crippen molar-refractivity contribution in [3.8, 4) is 17.2 Å². The van der Waals surface area contributed by atoms with Crippen molar-refractivity contribution < 1.29 is 9.15 Å². The van der Waals surface area contributed by atoms with Crippen LogP contribution in [-0.2, 0) is 12.4 Å². The van der Waals surface area contributed by atoms with Crippen molar-refractivity contribution in [2.24, 2.45) is 0 Å². The fraction of sp³-hybridized carbons (Fsp3) is 0.273. The molecule has 0 saturated carbocycles. The Morgan fingerprint density at radius 2 is 1.94 bits per heavy atom. The van der Waals surface area contributed by atoms with Gasteiger partial charge in [0.1, 0.15) is 12.4 Å². The van der Waals surface area contributed by atoms with Crippen molar-refractivity contribution in [3.05, 3.63) is 70.3 Å². The van der Waals surface area contributed by atoms with Gasteiger partial charge in [0, 0.05) is 0 Å². The molecule has 0 atom stereocenters. The van der Waals surface area contributed by atoms with Gasteiger partial charge in [-0.05, 0) is 42.2 Å². The maximum absolute atomic E-state index is 6.19. The van der Waals surface area contributed by atoms with Crippen molar-refractivity contribution in [2.45, 2.75) is 44.2 Å². The molecule has 4 aromatic rings. The molecule has 2 aromatic heterocycles. The monoisotopic (exact) mass is 470 g/mol. The Balaban J connectivity index is 1.40. The number of ether oxygens (including phenoxy) is 1.